The fourth-order valence-corrected chi connectivity index (χ4v) is 1.91. The largest absolute Gasteiger partial charge is 0.461 e. The van der Waals surface area contributed by atoms with Crippen molar-refractivity contribution in [2.75, 3.05) is 6.61 Å². The molecule has 0 aromatic carbocycles. The number of carbonyl (C=O) groups is 1. The maximum atomic E-state index is 11.7. The highest BCUT2D eigenvalue weighted by Crippen LogP contribution is 2.14. The maximum Gasteiger partial charge on any atom is 0.360 e. The molecule has 2 aromatic rings. The number of halogens is 1. The minimum atomic E-state index is -0.548. The molecular formula is C12H16ClN5O3. The van der Waals surface area contributed by atoms with Gasteiger partial charge in [-0.25, -0.2) is 9.48 Å². The van der Waals surface area contributed by atoms with Crippen molar-refractivity contribution >= 4 is 17.6 Å². The molecule has 0 spiro atoms. The Labute approximate surface area is 126 Å². The average Bonchev–Trinajstić information content (AvgIpc) is 3.06. The van der Waals surface area contributed by atoms with Gasteiger partial charge in [0.05, 0.1) is 18.2 Å². The third-order valence-corrected chi connectivity index (χ3v) is 2.97. The van der Waals surface area contributed by atoms with E-state index in [2.05, 4.69) is 20.5 Å². The number of hydrogen-bond acceptors (Lipinski definition) is 7. The lowest BCUT2D eigenvalue weighted by Crippen LogP contribution is -2.10. The first kappa shape index (κ1) is 15.4. The SMILES string of the molecule is CCOC(=O)c1nnn(Cc2nc(C(C)C)no2)c1CCl. The molecule has 8 nitrogen and oxygen atoms in total. The van der Waals surface area contributed by atoms with E-state index in [-0.39, 0.29) is 30.6 Å². The summed E-state index contributed by atoms with van der Waals surface area (Å²) in [6, 6.07) is 0. The molecule has 0 aliphatic carbocycles. The minimum absolute atomic E-state index is 0.0757. The van der Waals surface area contributed by atoms with Crippen LogP contribution in [0.1, 0.15) is 54.6 Å². The van der Waals surface area contributed by atoms with Crippen LogP contribution in [0.3, 0.4) is 0 Å². The summed E-state index contributed by atoms with van der Waals surface area (Å²) in [7, 11) is 0. The highest BCUT2D eigenvalue weighted by atomic mass is 35.5. The van der Waals surface area contributed by atoms with Gasteiger partial charge in [-0.15, -0.1) is 16.7 Å². The normalized spacial score (nSPS) is 11.1. The zero-order chi connectivity index (χ0) is 15.4. The zero-order valence-corrected chi connectivity index (χ0v) is 12.8. The Morgan fingerprint density at radius 1 is 1.48 bits per heavy atom. The molecule has 2 rings (SSSR count). The number of esters is 1. The Morgan fingerprint density at radius 2 is 2.24 bits per heavy atom. The summed E-state index contributed by atoms with van der Waals surface area (Å²) < 4.78 is 11.5. The van der Waals surface area contributed by atoms with Crippen molar-refractivity contribution in [3.63, 3.8) is 0 Å². The van der Waals surface area contributed by atoms with Crippen LogP contribution in [0.15, 0.2) is 4.52 Å². The van der Waals surface area contributed by atoms with E-state index in [1.54, 1.807) is 6.92 Å². The summed E-state index contributed by atoms with van der Waals surface area (Å²) in [5.74, 6) is 0.689. The highest BCUT2D eigenvalue weighted by Gasteiger charge is 2.21. The van der Waals surface area contributed by atoms with Gasteiger partial charge in [0, 0.05) is 5.92 Å². The van der Waals surface area contributed by atoms with Crippen molar-refractivity contribution in [3.05, 3.63) is 23.1 Å². The standard InChI is InChI=1S/C12H16ClN5O3/c1-4-20-12(19)10-8(5-13)18(17-15-10)6-9-14-11(7(2)3)16-21-9/h7H,4-6H2,1-3H3. The van der Waals surface area contributed by atoms with Gasteiger partial charge in [-0.3, -0.25) is 0 Å². The van der Waals surface area contributed by atoms with E-state index < -0.39 is 5.97 Å². The fourth-order valence-electron chi connectivity index (χ4n) is 1.64. The molecule has 0 aliphatic rings. The Hall–Kier alpha value is -1.96. The van der Waals surface area contributed by atoms with E-state index >= 15 is 0 Å². The first-order valence-electron chi connectivity index (χ1n) is 6.54. The van der Waals surface area contributed by atoms with Crippen LogP contribution in [0.2, 0.25) is 0 Å². The molecule has 0 radical (unpaired) electrons. The van der Waals surface area contributed by atoms with E-state index in [4.69, 9.17) is 20.9 Å². The van der Waals surface area contributed by atoms with Gasteiger partial charge in [0.25, 0.3) is 0 Å². The Bertz CT molecular complexity index is 622. The van der Waals surface area contributed by atoms with Crippen molar-refractivity contribution in [3.8, 4) is 0 Å². The Balaban J connectivity index is 2.21. The van der Waals surface area contributed by atoms with Crippen LogP contribution in [0, 0.1) is 0 Å². The quantitative estimate of drug-likeness (QED) is 0.592. The van der Waals surface area contributed by atoms with E-state index in [1.807, 2.05) is 13.8 Å². The molecule has 9 heteroatoms. The Kier molecular flexibility index (Phi) is 4.89. The van der Waals surface area contributed by atoms with Crippen molar-refractivity contribution in [2.45, 2.75) is 39.1 Å². The average molecular weight is 314 g/mol. The predicted molar refractivity (Wildman–Crippen MR) is 73.0 cm³/mol. The molecule has 0 aliphatic heterocycles. The summed E-state index contributed by atoms with van der Waals surface area (Å²) in [6.07, 6.45) is 0. The molecule has 0 N–H and O–H groups in total. The molecule has 0 atom stereocenters. The number of rotatable bonds is 6. The predicted octanol–water partition coefficient (Wildman–Crippen LogP) is 1.75. The third kappa shape index (κ3) is 3.38. The second-order valence-corrected chi connectivity index (χ2v) is 4.86. The number of carbonyl (C=O) groups excluding carboxylic acids is 1. The monoisotopic (exact) mass is 313 g/mol. The van der Waals surface area contributed by atoms with Crippen molar-refractivity contribution in [1.82, 2.24) is 25.1 Å². The van der Waals surface area contributed by atoms with Crippen LogP contribution < -0.4 is 0 Å². The van der Waals surface area contributed by atoms with Crippen LogP contribution >= 0.6 is 11.6 Å². The zero-order valence-electron chi connectivity index (χ0n) is 12.0. The van der Waals surface area contributed by atoms with Crippen molar-refractivity contribution in [2.24, 2.45) is 0 Å². The van der Waals surface area contributed by atoms with Crippen LogP contribution in [-0.2, 0) is 17.2 Å². The molecule has 2 aromatic heterocycles. The van der Waals surface area contributed by atoms with Gasteiger partial charge in [-0.1, -0.05) is 24.2 Å². The molecule has 0 bridgehead atoms. The lowest BCUT2D eigenvalue weighted by atomic mass is 10.2. The van der Waals surface area contributed by atoms with Gasteiger partial charge in [0.15, 0.2) is 11.5 Å². The molecule has 114 valence electrons. The number of alkyl halides is 1. The van der Waals surface area contributed by atoms with E-state index in [0.29, 0.717) is 17.4 Å². The second-order valence-electron chi connectivity index (χ2n) is 4.60. The number of ether oxygens (including phenoxy) is 1. The second kappa shape index (κ2) is 6.66. The number of hydrogen-bond donors (Lipinski definition) is 0. The molecule has 0 amide bonds. The van der Waals surface area contributed by atoms with Gasteiger partial charge >= 0.3 is 5.97 Å². The molecule has 0 saturated carbocycles. The summed E-state index contributed by atoms with van der Waals surface area (Å²) in [4.78, 5) is 16.0. The van der Waals surface area contributed by atoms with E-state index in [0.717, 1.165) is 0 Å². The third-order valence-electron chi connectivity index (χ3n) is 2.72. The van der Waals surface area contributed by atoms with Gasteiger partial charge in [-0.05, 0) is 6.92 Å². The van der Waals surface area contributed by atoms with Crippen LogP contribution in [0.5, 0.6) is 0 Å². The maximum absolute atomic E-state index is 11.7. The molecule has 0 unspecified atom stereocenters. The molecular weight excluding hydrogens is 298 g/mol. The lowest BCUT2D eigenvalue weighted by molar-refractivity contribution is 0.0518. The smallest absolute Gasteiger partial charge is 0.360 e. The molecule has 2 heterocycles. The fraction of sp³-hybridized carbons (Fsp3) is 0.583. The van der Waals surface area contributed by atoms with Crippen molar-refractivity contribution in [1.29, 1.82) is 0 Å². The summed E-state index contributed by atoms with van der Waals surface area (Å²) in [6.45, 7) is 6.11. The van der Waals surface area contributed by atoms with Crippen LogP contribution in [0.25, 0.3) is 0 Å². The lowest BCUT2D eigenvalue weighted by Gasteiger charge is -2.02. The van der Waals surface area contributed by atoms with Crippen LogP contribution in [-0.4, -0.2) is 37.7 Å². The first-order valence-corrected chi connectivity index (χ1v) is 7.08. The summed E-state index contributed by atoms with van der Waals surface area (Å²) in [5.41, 5.74) is 0.565. The topological polar surface area (TPSA) is 95.9 Å². The van der Waals surface area contributed by atoms with E-state index in [9.17, 15) is 4.79 Å². The summed E-state index contributed by atoms with van der Waals surface area (Å²) >= 11 is 5.87. The number of aromatic nitrogens is 5. The first-order chi connectivity index (χ1) is 10.1. The molecule has 0 saturated heterocycles. The van der Waals surface area contributed by atoms with E-state index in [1.165, 1.54) is 4.68 Å². The number of nitrogens with zero attached hydrogens (tertiary/aromatic N) is 5. The van der Waals surface area contributed by atoms with Crippen LogP contribution in [0.4, 0.5) is 0 Å². The molecule has 0 fully saturated rings. The van der Waals surface area contributed by atoms with Gasteiger partial charge < -0.3 is 9.26 Å². The van der Waals surface area contributed by atoms with Crippen molar-refractivity contribution < 1.29 is 14.1 Å². The minimum Gasteiger partial charge on any atom is -0.461 e. The van der Waals surface area contributed by atoms with Gasteiger partial charge in [0.2, 0.25) is 5.89 Å². The van der Waals surface area contributed by atoms with Gasteiger partial charge in [-0.2, -0.15) is 4.98 Å². The highest BCUT2D eigenvalue weighted by molar-refractivity contribution is 6.17. The molecule has 21 heavy (non-hydrogen) atoms. The summed E-state index contributed by atoms with van der Waals surface area (Å²) in [5, 5.41) is 11.6. The van der Waals surface area contributed by atoms with Gasteiger partial charge in [0.1, 0.15) is 6.54 Å². The Morgan fingerprint density at radius 3 is 2.81 bits per heavy atom.